The van der Waals surface area contributed by atoms with Crippen LogP contribution in [-0.2, 0) is 16.4 Å². The van der Waals surface area contributed by atoms with Gasteiger partial charge >= 0.3 is 0 Å². The zero-order valence-corrected chi connectivity index (χ0v) is 19.8. The molecular formula is C26H31N3O2S. The summed E-state index contributed by atoms with van der Waals surface area (Å²) in [4.78, 5) is 4.89. The number of anilines is 3. The van der Waals surface area contributed by atoms with Crippen molar-refractivity contribution in [2.45, 2.75) is 30.7 Å². The number of fused-ring (bicyclic) bond motifs is 2. The van der Waals surface area contributed by atoms with Gasteiger partial charge in [-0.3, -0.25) is 4.31 Å². The minimum absolute atomic E-state index is 0.351. The Balaban J connectivity index is 1.54. The first-order valence-electron chi connectivity index (χ1n) is 11.1. The molecule has 0 saturated carbocycles. The van der Waals surface area contributed by atoms with E-state index in [-0.39, 0.29) is 0 Å². The van der Waals surface area contributed by atoms with Crippen LogP contribution < -0.4 is 9.21 Å². The van der Waals surface area contributed by atoms with E-state index in [2.05, 4.69) is 48.0 Å². The second-order valence-electron chi connectivity index (χ2n) is 8.45. The highest BCUT2D eigenvalue weighted by atomic mass is 32.2. The van der Waals surface area contributed by atoms with Crippen LogP contribution in [0.2, 0.25) is 0 Å². The van der Waals surface area contributed by atoms with E-state index in [1.54, 1.807) is 19.2 Å². The highest BCUT2D eigenvalue weighted by Gasteiger charge is 2.33. The lowest BCUT2D eigenvalue weighted by Gasteiger charge is -2.29. The number of para-hydroxylation sites is 3. The van der Waals surface area contributed by atoms with Crippen LogP contribution in [0, 0.1) is 0 Å². The molecular weight excluding hydrogens is 418 g/mol. The molecule has 0 radical (unpaired) electrons. The molecule has 1 aliphatic heterocycles. The van der Waals surface area contributed by atoms with Crippen LogP contribution in [-0.4, -0.2) is 46.5 Å². The van der Waals surface area contributed by atoms with Crippen molar-refractivity contribution in [2.24, 2.45) is 0 Å². The number of sulfonamides is 1. The summed E-state index contributed by atoms with van der Waals surface area (Å²) < 4.78 is 27.9. The molecule has 1 heterocycles. The van der Waals surface area contributed by atoms with Crippen molar-refractivity contribution < 1.29 is 8.42 Å². The van der Waals surface area contributed by atoms with Gasteiger partial charge in [0.25, 0.3) is 10.0 Å². The van der Waals surface area contributed by atoms with Crippen LogP contribution >= 0.6 is 0 Å². The Kier molecular flexibility index (Phi) is 6.53. The van der Waals surface area contributed by atoms with Gasteiger partial charge in [-0.15, -0.1) is 0 Å². The minimum atomic E-state index is -3.61. The van der Waals surface area contributed by atoms with Gasteiger partial charge in [-0.2, -0.15) is 0 Å². The third-order valence-corrected chi connectivity index (χ3v) is 8.14. The minimum Gasteiger partial charge on any atom is -0.339 e. The Morgan fingerprint density at radius 3 is 2.16 bits per heavy atom. The van der Waals surface area contributed by atoms with Gasteiger partial charge in [0.2, 0.25) is 0 Å². The van der Waals surface area contributed by atoms with Gasteiger partial charge < -0.3 is 9.80 Å². The lowest BCUT2D eigenvalue weighted by atomic mass is 10.1. The molecule has 1 aliphatic rings. The molecule has 0 bridgehead atoms. The summed E-state index contributed by atoms with van der Waals surface area (Å²) in [5.41, 5.74) is 3.71. The van der Waals surface area contributed by atoms with Gasteiger partial charge in [-0.25, -0.2) is 8.42 Å². The number of hydrogen-bond acceptors (Lipinski definition) is 4. The van der Waals surface area contributed by atoms with Crippen LogP contribution in [0.3, 0.4) is 0 Å². The van der Waals surface area contributed by atoms with Crippen molar-refractivity contribution in [3.63, 3.8) is 0 Å². The first kappa shape index (κ1) is 22.4. The Bertz CT molecular complexity index is 1160. The fraction of sp³-hybridized carbons (Fsp3) is 0.308. The van der Waals surface area contributed by atoms with E-state index in [1.807, 2.05) is 42.5 Å². The van der Waals surface area contributed by atoms with Crippen molar-refractivity contribution in [1.29, 1.82) is 0 Å². The summed E-state index contributed by atoms with van der Waals surface area (Å²) in [6.07, 6.45) is 1.93. The average molecular weight is 450 g/mol. The quantitative estimate of drug-likeness (QED) is 0.514. The summed E-state index contributed by atoms with van der Waals surface area (Å²) in [5.74, 6) is 0. The molecule has 4 rings (SSSR count). The van der Waals surface area contributed by atoms with Gasteiger partial charge in [-0.1, -0.05) is 54.6 Å². The first-order valence-corrected chi connectivity index (χ1v) is 12.5. The maximum Gasteiger partial charge on any atom is 0.266 e. The van der Waals surface area contributed by atoms with Crippen molar-refractivity contribution in [2.75, 3.05) is 36.4 Å². The van der Waals surface area contributed by atoms with Gasteiger partial charge in [0.15, 0.2) is 0 Å². The molecule has 6 heteroatoms. The van der Waals surface area contributed by atoms with E-state index in [9.17, 15) is 8.42 Å². The maximum atomic E-state index is 13.3. The van der Waals surface area contributed by atoms with Crippen molar-refractivity contribution >= 4 is 27.1 Å². The van der Waals surface area contributed by atoms with Gasteiger partial charge in [0.05, 0.1) is 17.1 Å². The predicted octanol–water partition coefficient (Wildman–Crippen LogP) is 4.92. The zero-order valence-electron chi connectivity index (χ0n) is 19.0. The Hall–Kier alpha value is -2.83. The number of nitrogens with zero attached hydrogens (tertiary/aromatic N) is 3. The molecule has 0 spiro atoms. The molecule has 3 aromatic rings. The number of likely N-dealkylation sites (N-methyl/N-ethyl adjacent to an activating group) is 1. The van der Waals surface area contributed by atoms with Crippen LogP contribution in [0.25, 0.3) is 0 Å². The largest absolute Gasteiger partial charge is 0.339 e. The summed E-state index contributed by atoms with van der Waals surface area (Å²) in [6, 6.07) is 26.0. The zero-order chi connectivity index (χ0) is 22.7. The van der Waals surface area contributed by atoms with Crippen LogP contribution in [0.1, 0.15) is 18.9 Å². The van der Waals surface area contributed by atoms with Crippen LogP contribution in [0.5, 0.6) is 0 Å². The SMILES string of the molecule is C[C@H](Cc1ccccc1)N(C)CCCN1c2ccccc2N(C)S(=O)(=O)c2ccccc21. The van der Waals surface area contributed by atoms with E-state index in [4.69, 9.17) is 0 Å². The molecule has 0 unspecified atom stereocenters. The van der Waals surface area contributed by atoms with E-state index in [0.29, 0.717) is 16.6 Å². The lowest BCUT2D eigenvalue weighted by molar-refractivity contribution is 0.254. The van der Waals surface area contributed by atoms with Crippen LogP contribution in [0.15, 0.2) is 83.8 Å². The second-order valence-corrected chi connectivity index (χ2v) is 10.4. The Morgan fingerprint density at radius 2 is 1.44 bits per heavy atom. The highest BCUT2D eigenvalue weighted by molar-refractivity contribution is 7.93. The van der Waals surface area contributed by atoms with Gasteiger partial charge in [0, 0.05) is 19.6 Å². The summed E-state index contributed by atoms with van der Waals surface area (Å²) in [7, 11) is 0.184. The smallest absolute Gasteiger partial charge is 0.266 e. The summed E-state index contributed by atoms with van der Waals surface area (Å²) >= 11 is 0. The average Bonchev–Trinajstić information content (AvgIpc) is 2.88. The number of benzene rings is 3. The molecule has 168 valence electrons. The third kappa shape index (κ3) is 4.38. The number of hydrogen-bond donors (Lipinski definition) is 0. The van der Waals surface area contributed by atoms with Crippen molar-refractivity contribution in [3.05, 3.63) is 84.4 Å². The fourth-order valence-electron chi connectivity index (χ4n) is 4.31. The highest BCUT2D eigenvalue weighted by Crippen LogP contribution is 2.43. The van der Waals surface area contributed by atoms with Crippen molar-refractivity contribution in [3.8, 4) is 0 Å². The Labute approximate surface area is 191 Å². The molecule has 1 atom stereocenters. The van der Waals surface area contributed by atoms with E-state index in [0.717, 1.165) is 37.3 Å². The molecule has 0 aliphatic carbocycles. The summed E-state index contributed by atoms with van der Waals surface area (Å²) in [6.45, 7) is 3.92. The maximum absolute atomic E-state index is 13.3. The van der Waals surface area contributed by atoms with E-state index in [1.165, 1.54) is 9.87 Å². The predicted molar refractivity (Wildman–Crippen MR) is 132 cm³/mol. The van der Waals surface area contributed by atoms with Gasteiger partial charge in [-0.05, 0) is 63.2 Å². The molecule has 0 fully saturated rings. The van der Waals surface area contributed by atoms with Crippen LogP contribution in [0.4, 0.5) is 17.1 Å². The van der Waals surface area contributed by atoms with E-state index < -0.39 is 10.0 Å². The molecule has 0 N–H and O–H groups in total. The molecule has 5 nitrogen and oxygen atoms in total. The molecule has 32 heavy (non-hydrogen) atoms. The standard InChI is InChI=1S/C26H31N3O2S/c1-21(20-22-12-5-4-6-13-22)27(2)18-11-19-29-24-15-8-7-14-23(24)28(3)32(30,31)26-17-10-9-16-25(26)29/h4-10,12-17,21H,11,18-20H2,1-3H3/t21-/m1/s1. The molecule has 0 aromatic heterocycles. The lowest BCUT2D eigenvalue weighted by Crippen LogP contribution is -2.33. The monoisotopic (exact) mass is 449 g/mol. The molecule has 3 aromatic carbocycles. The second kappa shape index (κ2) is 9.35. The molecule has 0 saturated heterocycles. The molecule has 0 amide bonds. The third-order valence-electron chi connectivity index (χ3n) is 6.33. The fourth-order valence-corrected chi connectivity index (χ4v) is 5.72. The Morgan fingerprint density at radius 1 is 0.844 bits per heavy atom. The summed E-state index contributed by atoms with van der Waals surface area (Å²) in [5, 5.41) is 0. The van der Waals surface area contributed by atoms with E-state index >= 15 is 0 Å². The first-order chi connectivity index (χ1) is 15.4. The van der Waals surface area contributed by atoms with Gasteiger partial charge in [0.1, 0.15) is 4.90 Å². The topological polar surface area (TPSA) is 43.9 Å². The normalized spacial score (nSPS) is 15.8. The van der Waals surface area contributed by atoms with Crippen molar-refractivity contribution in [1.82, 2.24) is 4.90 Å². The number of rotatable bonds is 7.